The Morgan fingerprint density at radius 1 is 0.900 bits per heavy atom. The number of hydrogen-bond acceptors (Lipinski definition) is 4. The third-order valence-electron chi connectivity index (χ3n) is 6.39. The van der Waals surface area contributed by atoms with Gasteiger partial charge in [0.15, 0.2) is 11.6 Å². The highest BCUT2D eigenvalue weighted by Crippen LogP contribution is 2.29. The van der Waals surface area contributed by atoms with E-state index in [0.717, 1.165) is 27.8 Å². The van der Waals surface area contributed by atoms with E-state index in [-0.39, 0.29) is 17.3 Å². The lowest BCUT2D eigenvalue weighted by Gasteiger charge is -2.12. The Morgan fingerprint density at radius 2 is 1.62 bits per heavy atom. The fourth-order valence-corrected chi connectivity index (χ4v) is 4.42. The van der Waals surface area contributed by atoms with Crippen LogP contribution in [0.4, 0.5) is 17.6 Å². The number of benzene rings is 4. The van der Waals surface area contributed by atoms with E-state index >= 15 is 0 Å². The van der Waals surface area contributed by atoms with Gasteiger partial charge in [-0.05, 0) is 72.0 Å². The van der Waals surface area contributed by atoms with Crippen LogP contribution in [0.3, 0.4) is 0 Å². The maximum Gasteiger partial charge on any atom is 0.573 e. The van der Waals surface area contributed by atoms with Crippen LogP contribution in [0.25, 0.3) is 28.2 Å². The molecular formula is C31H23F4N3O2. The first kappa shape index (κ1) is 26.8. The Balaban J connectivity index is 1.24. The van der Waals surface area contributed by atoms with Gasteiger partial charge in [-0.1, -0.05) is 54.6 Å². The molecule has 1 aromatic heterocycles. The van der Waals surface area contributed by atoms with Gasteiger partial charge in [-0.2, -0.15) is 0 Å². The molecule has 4 aromatic carbocycles. The van der Waals surface area contributed by atoms with E-state index in [9.17, 15) is 22.4 Å². The van der Waals surface area contributed by atoms with Crippen molar-refractivity contribution in [3.05, 3.63) is 120 Å². The highest BCUT2D eigenvalue weighted by molar-refractivity contribution is 6.02. The lowest BCUT2D eigenvalue weighted by Crippen LogP contribution is -2.17. The number of nitrogens with zero attached hydrogens (tertiary/aromatic N) is 3. The summed E-state index contributed by atoms with van der Waals surface area (Å²) >= 11 is 0. The molecular weight excluding hydrogens is 522 g/mol. The molecule has 0 N–H and O–H groups in total. The van der Waals surface area contributed by atoms with Gasteiger partial charge < -0.3 is 4.74 Å². The predicted octanol–water partition coefficient (Wildman–Crippen LogP) is 7.76. The van der Waals surface area contributed by atoms with Crippen molar-refractivity contribution >= 4 is 5.78 Å². The molecule has 0 spiro atoms. The molecule has 5 aromatic rings. The number of carbonyl (C=O) groups is 1. The Kier molecular flexibility index (Phi) is 7.46. The monoisotopic (exact) mass is 545 g/mol. The third-order valence-corrected chi connectivity index (χ3v) is 6.39. The number of carbonyl (C=O) groups excluding carboxylic acids is 1. The topological polar surface area (TPSA) is 57.0 Å². The smallest absolute Gasteiger partial charge is 0.406 e. The van der Waals surface area contributed by atoms with Gasteiger partial charge in [-0.3, -0.25) is 4.79 Å². The average Bonchev–Trinajstić information content (AvgIpc) is 3.42. The Labute approximate surface area is 227 Å². The number of rotatable bonds is 8. The first-order chi connectivity index (χ1) is 19.2. The Morgan fingerprint density at radius 3 is 2.33 bits per heavy atom. The second-order valence-electron chi connectivity index (χ2n) is 9.18. The summed E-state index contributed by atoms with van der Waals surface area (Å²) in [4.78, 5) is 17.4. The zero-order chi connectivity index (χ0) is 28.3. The molecule has 0 fully saturated rings. The summed E-state index contributed by atoms with van der Waals surface area (Å²) in [5.41, 5.74) is 5.22. The maximum atomic E-state index is 13.6. The fourth-order valence-electron chi connectivity index (χ4n) is 4.42. The van der Waals surface area contributed by atoms with Crippen molar-refractivity contribution in [1.29, 1.82) is 0 Å². The van der Waals surface area contributed by atoms with Crippen LogP contribution >= 0.6 is 0 Å². The van der Waals surface area contributed by atoms with Gasteiger partial charge in [0, 0.05) is 17.5 Å². The van der Waals surface area contributed by atoms with Gasteiger partial charge in [0.1, 0.15) is 17.9 Å². The minimum atomic E-state index is -4.75. The Hall–Kier alpha value is -4.79. The largest absolute Gasteiger partial charge is 0.573 e. The maximum absolute atomic E-state index is 13.6. The predicted molar refractivity (Wildman–Crippen MR) is 143 cm³/mol. The summed E-state index contributed by atoms with van der Waals surface area (Å²) in [5, 5.41) is 4.41. The number of Topliss-reactive ketones (excluding diaryl/α,β-unsaturated/α-hetero) is 1. The first-order valence-corrected chi connectivity index (χ1v) is 12.4. The second kappa shape index (κ2) is 11.1. The van der Waals surface area contributed by atoms with E-state index in [0.29, 0.717) is 29.9 Å². The standard InChI is InChI=1S/C31H23F4N3O2/c1-20-18-23(32)11-16-26(20)27-4-2-3-5-28(27)29(39)17-8-21-6-9-22(10-7-21)30-36-19-38(37-30)24-12-14-25(15-13-24)40-31(33,34)35/h2-7,9-16,18-19H,8,17H2,1H3. The molecule has 0 atom stereocenters. The van der Waals surface area contributed by atoms with Crippen LogP contribution in [0.15, 0.2) is 97.3 Å². The summed E-state index contributed by atoms with van der Waals surface area (Å²) < 4.78 is 56.1. The number of ketones is 1. The van der Waals surface area contributed by atoms with Crippen molar-refractivity contribution in [2.24, 2.45) is 0 Å². The van der Waals surface area contributed by atoms with E-state index < -0.39 is 6.36 Å². The molecule has 0 amide bonds. The molecule has 0 unspecified atom stereocenters. The minimum Gasteiger partial charge on any atom is -0.406 e. The van der Waals surface area contributed by atoms with Crippen LogP contribution in [0, 0.1) is 12.7 Å². The normalized spacial score (nSPS) is 11.4. The molecule has 9 heteroatoms. The van der Waals surface area contributed by atoms with E-state index in [4.69, 9.17) is 0 Å². The summed E-state index contributed by atoms with van der Waals surface area (Å²) in [5.74, 6) is -0.193. The van der Waals surface area contributed by atoms with Crippen LogP contribution in [-0.4, -0.2) is 26.9 Å². The average molecular weight is 546 g/mol. The van der Waals surface area contributed by atoms with Gasteiger partial charge in [0.25, 0.3) is 0 Å². The molecule has 202 valence electrons. The van der Waals surface area contributed by atoms with Crippen molar-refractivity contribution in [3.63, 3.8) is 0 Å². The molecule has 0 bridgehead atoms. The number of halogens is 4. The van der Waals surface area contributed by atoms with E-state index in [1.54, 1.807) is 12.1 Å². The van der Waals surface area contributed by atoms with Gasteiger partial charge in [0.05, 0.1) is 5.69 Å². The number of hydrogen-bond donors (Lipinski definition) is 0. The molecule has 0 saturated carbocycles. The van der Waals surface area contributed by atoms with Crippen LogP contribution in [-0.2, 0) is 6.42 Å². The second-order valence-corrected chi connectivity index (χ2v) is 9.18. The minimum absolute atomic E-state index is 0.00420. The van der Waals surface area contributed by atoms with Crippen LogP contribution < -0.4 is 4.74 Å². The summed E-state index contributed by atoms with van der Waals surface area (Å²) in [6.45, 7) is 1.82. The van der Waals surface area contributed by atoms with Crippen LogP contribution in [0.1, 0.15) is 27.9 Å². The quantitative estimate of drug-likeness (QED) is 0.148. The molecule has 0 saturated heterocycles. The van der Waals surface area contributed by atoms with Crippen molar-refractivity contribution in [1.82, 2.24) is 14.8 Å². The molecule has 5 nitrogen and oxygen atoms in total. The highest BCUT2D eigenvalue weighted by atomic mass is 19.4. The van der Waals surface area contributed by atoms with Crippen molar-refractivity contribution in [2.45, 2.75) is 26.1 Å². The molecule has 0 aliphatic carbocycles. The number of ether oxygens (including phenoxy) is 1. The lowest BCUT2D eigenvalue weighted by molar-refractivity contribution is -0.274. The van der Waals surface area contributed by atoms with Gasteiger partial charge in [-0.15, -0.1) is 18.3 Å². The molecule has 0 aliphatic heterocycles. The molecule has 0 aliphatic rings. The first-order valence-electron chi connectivity index (χ1n) is 12.4. The van der Waals surface area contributed by atoms with Gasteiger partial charge >= 0.3 is 6.36 Å². The van der Waals surface area contributed by atoms with Crippen molar-refractivity contribution in [3.8, 4) is 34.0 Å². The van der Waals surface area contributed by atoms with Gasteiger partial charge in [0.2, 0.25) is 0 Å². The van der Waals surface area contributed by atoms with Gasteiger partial charge in [-0.25, -0.2) is 14.1 Å². The van der Waals surface area contributed by atoms with Crippen LogP contribution in [0.2, 0.25) is 0 Å². The SMILES string of the molecule is Cc1cc(F)ccc1-c1ccccc1C(=O)CCc1ccc(-c2ncn(-c3ccc(OC(F)(F)F)cc3)n2)cc1. The fraction of sp³-hybridized carbons (Fsp3) is 0.129. The van der Waals surface area contributed by atoms with Crippen molar-refractivity contribution < 1.29 is 27.1 Å². The number of aryl methyl sites for hydroxylation is 2. The summed E-state index contributed by atoms with van der Waals surface area (Å²) in [6, 6.07) is 24.7. The molecule has 5 rings (SSSR count). The third kappa shape index (κ3) is 6.26. The highest BCUT2D eigenvalue weighted by Gasteiger charge is 2.31. The number of aromatic nitrogens is 3. The lowest BCUT2D eigenvalue weighted by atomic mass is 9.92. The van der Waals surface area contributed by atoms with E-state index in [1.165, 1.54) is 47.4 Å². The van der Waals surface area contributed by atoms with E-state index in [1.807, 2.05) is 49.4 Å². The summed E-state index contributed by atoms with van der Waals surface area (Å²) in [7, 11) is 0. The Bertz CT molecular complexity index is 1640. The zero-order valence-corrected chi connectivity index (χ0v) is 21.3. The summed E-state index contributed by atoms with van der Waals surface area (Å²) in [6.07, 6.45) is -2.45. The molecule has 40 heavy (non-hydrogen) atoms. The molecule has 0 radical (unpaired) electrons. The van der Waals surface area contributed by atoms with Crippen LogP contribution in [0.5, 0.6) is 5.75 Å². The zero-order valence-electron chi connectivity index (χ0n) is 21.3. The van der Waals surface area contributed by atoms with E-state index in [2.05, 4.69) is 14.8 Å². The van der Waals surface area contributed by atoms with Crippen molar-refractivity contribution in [2.75, 3.05) is 0 Å². The number of alkyl halides is 3. The molecule has 1 heterocycles.